The standard InChI is InChI=1S/C18H15N3O2S/c1-11-6-7-15-16(8-11)24-18(20-15)21-17(22)12(2)23-14-5-3-4-13(9-14)10-19/h3-9,12H,1-2H3,(H,20,21,22). The highest BCUT2D eigenvalue weighted by molar-refractivity contribution is 7.22. The molecule has 3 rings (SSSR count). The first-order valence-corrected chi connectivity index (χ1v) is 8.21. The maximum Gasteiger partial charge on any atom is 0.266 e. The molecule has 0 radical (unpaired) electrons. The van der Waals surface area contributed by atoms with Crippen LogP contribution in [0.4, 0.5) is 5.13 Å². The molecule has 1 N–H and O–H groups in total. The van der Waals surface area contributed by atoms with Gasteiger partial charge >= 0.3 is 0 Å². The van der Waals surface area contributed by atoms with Crippen molar-refractivity contribution in [1.29, 1.82) is 5.26 Å². The fraction of sp³-hybridized carbons (Fsp3) is 0.167. The van der Waals surface area contributed by atoms with Gasteiger partial charge in [0.1, 0.15) is 5.75 Å². The number of ether oxygens (including phenoxy) is 1. The van der Waals surface area contributed by atoms with Gasteiger partial charge in [-0.2, -0.15) is 5.26 Å². The van der Waals surface area contributed by atoms with E-state index in [1.165, 1.54) is 11.3 Å². The number of hydrogen-bond acceptors (Lipinski definition) is 5. The van der Waals surface area contributed by atoms with Gasteiger partial charge in [0.25, 0.3) is 5.91 Å². The molecule has 24 heavy (non-hydrogen) atoms. The molecule has 0 saturated heterocycles. The number of amides is 1. The van der Waals surface area contributed by atoms with Crippen LogP contribution in [0.2, 0.25) is 0 Å². The summed E-state index contributed by atoms with van der Waals surface area (Å²) in [4.78, 5) is 16.7. The van der Waals surface area contributed by atoms with Crippen LogP contribution in [0.5, 0.6) is 5.75 Å². The minimum atomic E-state index is -0.701. The number of nitrogens with one attached hydrogen (secondary N) is 1. The lowest BCUT2D eigenvalue weighted by Gasteiger charge is -2.13. The number of aromatic nitrogens is 1. The van der Waals surface area contributed by atoms with Crippen LogP contribution in [-0.2, 0) is 4.79 Å². The Morgan fingerprint density at radius 1 is 1.33 bits per heavy atom. The molecule has 1 unspecified atom stereocenters. The molecule has 0 aliphatic rings. The molecule has 0 saturated carbocycles. The molecule has 0 bridgehead atoms. The Hall–Kier alpha value is -2.91. The highest BCUT2D eigenvalue weighted by atomic mass is 32.1. The zero-order chi connectivity index (χ0) is 17.1. The topological polar surface area (TPSA) is 75.0 Å². The first-order chi connectivity index (χ1) is 11.5. The lowest BCUT2D eigenvalue weighted by atomic mass is 10.2. The molecule has 120 valence electrons. The van der Waals surface area contributed by atoms with Crippen molar-refractivity contribution >= 4 is 32.6 Å². The van der Waals surface area contributed by atoms with E-state index < -0.39 is 6.10 Å². The Morgan fingerprint density at radius 3 is 2.96 bits per heavy atom. The van der Waals surface area contributed by atoms with Crippen LogP contribution in [0, 0.1) is 18.3 Å². The van der Waals surface area contributed by atoms with Crippen molar-refractivity contribution in [3.63, 3.8) is 0 Å². The van der Waals surface area contributed by atoms with E-state index in [0.717, 1.165) is 15.8 Å². The number of benzene rings is 2. The average molecular weight is 337 g/mol. The normalized spacial score (nSPS) is 11.7. The summed E-state index contributed by atoms with van der Waals surface area (Å²) in [5.41, 5.74) is 2.50. The highest BCUT2D eigenvalue weighted by Crippen LogP contribution is 2.27. The minimum absolute atomic E-state index is 0.284. The molecular weight excluding hydrogens is 322 g/mol. The summed E-state index contributed by atoms with van der Waals surface area (Å²) < 4.78 is 6.63. The van der Waals surface area contributed by atoms with Crippen LogP contribution in [0.25, 0.3) is 10.2 Å². The third-order valence-corrected chi connectivity index (χ3v) is 4.35. The van der Waals surface area contributed by atoms with E-state index in [-0.39, 0.29) is 5.91 Å². The molecule has 3 aromatic rings. The molecule has 1 heterocycles. The van der Waals surface area contributed by atoms with E-state index in [9.17, 15) is 4.79 Å². The number of nitrogens with zero attached hydrogens (tertiary/aromatic N) is 2. The number of fused-ring (bicyclic) bond motifs is 1. The van der Waals surface area contributed by atoms with Crippen LogP contribution in [0.3, 0.4) is 0 Å². The SMILES string of the molecule is Cc1ccc2nc(NC(=O)C(C)Oc3cccc(C#N)c3)sc2c1. The maximum atomic E-state index is 12.3. The van der Waals surface area contributed by atoms with E-state index >= 15 is 0 Å². The molecule has 0 aliphatic heterocycles. The second-order valence-electron chi connectivity index (χ2n) is 5.38. The molecule has 1 atom stereocenters. The van der Waals surface area contributed by atoms with Gasteiger partial charge < -0.3 is 4.74 Å². The molecule has 0 fully saturated rings. The summed E-state index contributed by atoms with van der Waals surface area (Å²) in [6, 6.07) is 14.7. The number of anilines is 1. The number of aryl methyl sites for hydroxylation is 1. The molecule has 0 aliphatic carbocycles. The predicted octanol–water partition coefficient (Wildman–Crippen LogP) is 3.88. The van der Waals surface area contributed by atoms with Crippen LogP contribution in [0.15, 0.2) is 42.5 Å². The van der Waals surface area contributed by atoms with Gasteiger partial charge in [-0.05, 0) is 49.7 Å². The van der Waals surface area contributed by atoms with E-state index in [0.29, 0.717) is 16.4 Å². The van der Waals surface area contributed by atoms with Crippen molar-refractivity contribution in [2.45, 2.75) is 20.0 Å². The van der Waals surface area contributed by atoms with E-state index in [2.05, 4.69) is 10.3 Å². The largest absolute Gasteiger partial charge is 0.481 e. The van der Waals surface area contributed by atoms with Gasteiger partial charge in [0.05, 0.1) is 21.8 Å². The molecule has 2 aromatic carbocycles. The third kappa shape index (κ3) is 3.53. The van der Waals surface area contributed by atoms with Gasteiger partial charge in [0, 0.05) is 0 Å². The van der Waals surface area contributed by atoms with Crippen LogP contribution in [0.1, 0.15) is 18.1 Å². The Bertz CT molecular complexity index is 943. The first-order valence-electron chi connectivity index (χ1n) is 7.40. The summed E-state index contributed by atoms with van der Waals surface area (Å²) in [6.45, 7) is 3.68. The van der Waals surface area contributed by atoms with Crippen molar-refractivity contribution in [2.75, 3.05) is 5.32 Å². The number of thiazole rings is 1. The first kappa shape index (κ1) is 16.0. The zero-order valence-corrected chi connectivity index (χ0v) is 14.1. The number of hydrogen-bond donors (Lipinski definition) is 1. The predicted molar refractivity (Wildman–Crippen MR) is 94.2 cm³/mol. The highest BCUT2D eigenvalue weighted by Gasteiger charge is 2.17. The van der Waals surface area contributed by atoms with Crippen molar-refractivity contribution in [1.82, 2.24) is 4.98 Å². The van der Waals surface area contributed by atoms with Gasteiger partial charge in [-0.1, -0.05) is 23.5 Å². The third-order valence-electron chi connectivity index (χ3n) is 3.42. The number of carbonyl (C=O) groups is 1. The van der Waals surface area contributed by atoms with Gasteiger partial charge in [0.2, 0.25) is 0 Å². The summed E-state index contributed by atoms with van der Waals surface area (Å²) in [7, 11) is 0. The van der Waals surface area contributed by atoms with E-state index in [4.69, 9.17) is 10.00 Å². The molecule has 6 heteroatoms. The quantitative estimate of drug-likeness (QED) is 0.784. The van der Waals surface area contributed by atoms with Gasteiger partial charge in [-0.15, -0.1) is 0 Å². The molecular formula is C18H15N3O2S. The summed E-state index contributed by atoms with van der Waals surface area (Å²) in [5.74, 6) is 0.199. The molecule has 0 spiro atoms. The van der Waals surface area contributed by atoms with Crippen molar-refractivity contribution in [3.8, 4) is 11.8 Å². The van der Waals surface area contributed by atoms with Crippen LogP contribution in [-0.4, -0.2) is 17.0 Å². The fourth-order valence-electron chi connectivity index (χ4n) is 2.19. The summed E-state index contributed by atoms with van der Waals surface area (Å²) in [5, 5.41) is 12.2. The fourth-order valence-corrected chi connectivity index (χ4v) is 3.16. The lowest BCUT2D eigenvalue weighted by Crippen LogP contribution is -2.30. The monoisotopic (exact) mass is 337 g/mol. The molecule has 1 amide bonds. The van der Waals surface area contributed by atoms with E-state index in [1.807, 2.05) is 31.2 Å². The Morgan fingerprint density at radius 2 is 2.17 bits per heavy atom. The van der Waals surface area contributed by atoms with Gasteiger partial charge in [-0.3, -0.25) is 10.1 Å². The Balaban J connectivity index is 1.69. The van der Waals surface area contributed by atoms with Crippen LogP contribution < -0.4 is 10.1 Å². The van der Waals surface area contributed by atoms with Gasteiger partial charge in [0.15, 0.2) is 11.2 Å². The van der Waals surface area contributed by atoms with Crippen molar-refractivity contribution in [3.05, 3.63) is 53.6 Å². The minimum Gasteiger partial charge on any atom is -0.481 e. The lowest BCUT2D eigenvalue weighted by molar-refractivity contribution is -0.122. The summed E-state index contributed by atoms with van der Waals surface area (Å²) in [6.07, 6.45) is -0.701. The number of carbonyl (C=O) groups excluding carboxylic acids is 1. The summed E-state index contributed by atoms with van der Waals surface area (Å²) >= 11 is 1.43. The van der Waals surface area contributed by atoms with Gasteiger partial charge in [-0.25, -0.2) is 4.98 Å². The van der Waals surface area contributed by atoms with Crippen molar-refractivity contribution in [2.24, 2.45) is 0 Å². The molecule has 5 nitrogen and oxygen atoms in total. The van der Waals surface area contributed by atoms with Crippen LogP contribution >= 0.6 is 11.3 Å². The zero-order valence-electron chi connectivity index (χ0n) is 13.2. The number of nitriles is 1. The Kier molecular flexibility index (Phi) is 4.45. The van der Waals surface area contributed by atoms with E-state index in [1.54, 1.807) is 31.2 Å². The maximum absolute atomic E-state index is 12.3. The van der Waals surface area contributed by atoms with Crippen molar-refractivity contribution < 1.29 is 9.53 Å². The average Bonchev–Trinajstić information content (AvgIpc) is 2.96. The number of rotatable bonds is 4. The smallest absolute Gasteiger partial charge is 0.266 e. The second kappa shape index (κ2) is 6.69. The molecule has 1 aromatic heterocycles. The second-order valence-corrected chi connectivity index (χ2v) is 6.41. The Labute approximate surface area is 143 Å².